The van der Waals surface area contributed by atoms with Crippen molar-refractivity contribution in [3.05, 3.63) is 125 Å². The number of allylic oxidation sites excluding steroid dienone is 3. The Morgan fingerprint density at radius 2 is 1.56 bits per heavy atom. The molecule has 3 aromatic rings. The minimum Gasteiger partial charge on any atom is -0.338 e. The summed E-state index contributed by atoms with van der Waals surface area (Å²) in [7, 11) is 0. The van der Waals surface area contributed by atoms with Crippen molar-refractivity contribution in [2.24, 2.45) is 0 Å². The number of hydrogen-bond donors (Lipinski definition) is 0. The van der Waals surface area contributed by atoms with Crippen molar-refractivity contribution >= 4 is 17.3 Å². The third-order valence-corrected chi connectivity index (χ3v) is 7.26. The van der Waals surface area contributed by atoms with Gasteiger partial charge in [0.25, 0.3) is 0 Å². The molecule has 1 nitrogen and oxygen atoms in total. The highest BCUT2D eigenvalue weighted by atomic mass is 15.2. The lowest BCUT2D eigenvalue weighted by atomic mass is 9.93. The van der Waals surface area contributed by atoms with Gasteiger partial charge in [-0.2, -0.15) is 0 Å². The van der Waals surface area contributed by atoms with E-state index in [1.165, 1.54) is 59.3 Å². The molecule has 0 bridgehead atoms. The van der Waals surface area contributed by atoms with Crippen molar-refractivity contribution in [2.45, 2.75) is 44.1 Å². The standard InChI is InChI=1S/C31H29N/c1-4-11-24(12-5-1)28(25-13-6-2-7-14-25)21-23-19-20-31-29(22-23)27-17-10-18-30(27)32(31)26-15-8-3-9-16-26/h1-2,4-8,11-16,19-22,27,30H,3,9-10,17-18H2. The van der Waals surface area contributed by atoms with Crippen LogP contribution in [0.5, 0.6) is 0 Å². The van der Waals surface area contributed by atoms with Crippen LogP contribution in [0.15, 0.2) is 103 Å². The van der Waals surface area contributed by atoms with Gasteiger partial charge in [-0.1, -0.05) is 85.3 Å². The summed E-state index contributed by atoms with van der Waals surface area (Å²) in [6, 6.07) is 29.3. The predicted molar refractivity (Wildman–Crippen MR) is 136 cm³/mol. The molecule has 1 heterocycles. The Balaban J connectivity index is 1.44. The van der Waals surface area contributed by atoms with Crippen LogP contribution in [0.25, 0.3) is 11.6 Å². The van der Waals surface area contributed by atoms with Gasteiger partial charge in [-0.25, -0.2) is 0 Å². The molecule has 0 spiro atoms. The fourth-order valence-electron chi connectivity index (χ4n) is 5.81. The highest BCUT2D eigenvalue weighted by Crippen LogP contribution is 2.51. The van der Waals surface area contributed by atoms with E-state index < -0.39 is 0 Å². The highest BCUT2D eigenvalue weighted by Gasteiger charge is 2.42. The van der Waals surface area contributed by atoms with Crippen LogP contribution in [-0.2, 0) is 0 Å². The van der Waals surface area contributed by atoms with Gasteiger partial charge < -0.3 is 4.90 Å². The molecule has 3 aliphatic rings. The van der Waals surface area contributed by atoms with E-state index in [0.29, 0.717) is 12.0 Å². The minimum absolute atomic E-state index is 0.626. The van der Waals surface area contributed by atoms with E-state index in [0.717, 1.165) is 6.42 Å². The third-order valence-electron chi connectivity index (χ3n) is 7.26. The quantitative estimate of drug-likeness (QED) is 0.391. The molecule has 1 heteroatoms. The number of hydrogen-bond acceptors (Lipinski definition) is 1. The van der Waals surface area contributed by atoms with Gasteiger partial charge in [0.1, 0.15) is 0 Å². The normalized spacial score (nSPS) is 21.1. The first kappa shape index (κ1) is 19.4. The number of benzene rings is 3. The molecule has 0 amide bonds. The summed E-state index contributed by atoms with van der Waals surface area (Å²) in [4.78, 5) is 2.64. The first-order chi connectivity index (χ1) is 15.9. The molecule has 0 saturated heterocycles. The summed E-state index contributed by atoms with van der Waals surface area (Å²) < 4.78 is 0. The maximum Gasteiger partial charge on any atom is 0.0450 e. The van der Waals surface area contributed by atoms with E-state index in [4.69, 9.17) is 0 Å². The fourth-order valence-corrected chi connectivity index (χ4v) is 5.81. The molecule has 6 rings (SSSR count). The minimum atomic E-state index is 0.626. The van der Waals surface area contributed by atoms with Gasteiger partial charge in [-0.15, -0.1) is 0 Å². The Hall–Kier alpha value is -3.32. The summed E-state index contributed by atoms with van der Waals surface area (Å²) in [5.74, 6) is 0.659. The number of anilines is 1. The Bertz CT molecular complexity index is 1160. The third kappa shape index (κ3) is 3.42. The van der Waals surface area contributed by atoms with Gasteiger partial charge in [0.2, 0.25) is 0 Å². The van der Waals surface area contributed by atoms with Crippen molar-refractivity contribution in [2.75, 3.05) is 4.90 Å². The number of rotatable bonds is 4. The SMILES string of the molecule is C1=CC(N2c3ccc(C=C(c4ccccc4)c4ccccc4)cc3C3CCCC32)=CCC1. The van der Waals surface area contributed by atoms with Crippen molar-refractivity contribution in [1.82, 2.24) is 0 Å². The van der Waals surface area contributed by atoms with Crippen molar-refractivity contribution in [1.29, 1.82) is 0 Å². The number of fused-ring (bicyclic) bond motifs is 3. The topological polar surface area (TPSA) is 3.24 Å². The second kappa shape index (κ2) is 8.31. The van der Waals surface area contributed by atoms with Gasteiger partial charge in [0.15, 0.2) is 0 Å². The number of nitrogens with zero attached hydrogens (tertiary/aromatic N) is 1. The lowest BCUT2D eigenvalue weighted by Crippen LogP contribution is -2.30. The second-order valence-electron chi connectivity index (χ2n) is 9.19. The molecule has 0 N–H and O–H groups in total. The smallest absolute Gasteiger partial charge is 0.0450 e. The van der Waals surface area contributed by atoms with E-state index >= 15 is 0 Å². The summed E-state index contributed by atoms with van der Waals surface area (Å²) in [6.45, 7) is 0. The van der Waals surface area contributed by atoms with Crippen LogP contribution < -0.4 is 4.90 Å². The molecular weight excluding hydrogens is 386 g/mol. The molecule has 0 aromatic heterocycles. The van der Waals surface area contributed by atoms with Gasteiger partial charge in [0.05, 0.1) is 0 Å². The molecule has 2 aliphatic carbocycles. The van der Waals surface area contributed by atoms with Crippen LogP contribution in [0.1, 0.15) is 60.3 Å². The Morgan fingerprint density at radius 1 is 0.812 bits per heavy atom. The molecular formula is C31H29N. The van der Waals surface area contributed by atoms with E-state index in [1.807, 2.05) is 0 Å². The molecule has 1 aliphatic heterocycles. The molecule has 3 aromatic carbocycles. The lowest BCUT2D eigenvalue weighted by molar-refractivity contribution is 0.628. The summed E-state index contributed by atoms with van der Waals surface area (Å²) in [5, 5.41) is 0. The molecule has 0 radical (unpaired) electrons. The van der Waals surface area contributed by atoms with Crippen LogP contribution in [0, 0.1) is 0 Å². The maximum atomic E-state index is 2.64. The summed E-state index contributed by atoms with van der Waals surface area (Å²) >= 11 is 0. The van der Waals surface area contributed by atoms with Gasteiger partial charge in [-0.3, -0.25) is 0 Å². The monoisotopic (exact) mass is 415 g/mol. The zero-order valence-electron chi connectivity index (χ0n) is 18.5. The molecule has 2 atom stereocenters. The van der Waals surface area contributed by atoms with Crippen molar-refractivity contribution < 1.29 is 0 Å². The highest BCUT2D eigenvalue weighted by molar-refractivity contribution is 5.92. The van der Waals surface area contributed by atoms with Crippen molar-refractivity contribution in [3.63, 3.8) is 0 Å². The van der Waals surface area contributed by atoms with Crippen molar-refractivity contribution in [3.8, 4) is 0 Å². The zero-order valence-corrected chi connectivity index (χ0v) is 18.5. The van der Waals surface area contributed by atoms with Crippen LogP contribution in [0.3, 0.4) is 0 Å². The first-order valence-electron chi connectivity index (χ1n) is 12.0. The van der Waals surface area contributed by atoms with Gasteiger partial charge in [0, 0.05) is 23.3 Å². The predicted octanol–water partition coefficient (Wildman–Crippen LogP) is 7.97. The summed E-state index contributed by atoms with van der Waals surface area (Å²) in [6.07, 6.45) is 15.7. The Labute approximate surface area is 191 Å². The fraction of sp³-hybridized carbons (Fsp3) is 0.226. The van der Waals surface area contributed by atoms with Gasteiger partial charge >= 0.3 is 0 Å². The largest absolute Gasteiger partial charge is 0.338 e. The maximum absolute atomic E-state index is 2.64. The van der Waals surface area contributed by atoms with E-state index in [1.54, 1.807) is 5.56 Å². The molecule has 1 fully saturated rings. The molecule has 1 saturated carbocycles. The first-order valence-corrected chi connectivity index (χ1v) is 12.0. The van der Waals surface area contributed by atoms with Gasteiger partial charge in [-0.05, 0) is 77.8 Å². The second-order valence-corrected chi connectivity index (χ2v) is 9.19. The van der Waals surface area contributed by atoms with Crippen LogP contribution in [0.4, 0.5) is 5.69 Å². The van der Waals surface area contributed by atoms with Crippen LogP contribution in [0.2, 0.25) is 0 Å². The van der Waals surface area contributed by atoms with E-state index in [2.05, 4.69) is 108 Å². The Morgan fingerprint density at radius 3 is 2.25 bits per heavy atom. The Kier molecular flexibility index (Phi) is 5.03. The summed E-state index contributed by atoms with van der Waals surface area (Å²) in [5.41, 5.74) is 9.48. The molecule has 32 heavy (non-hydrogen) atoms. The molecule has 158 valence electrons. The molecule has 2 unspecified atom stereocenters. The van der Waals surface area contributed by atoms with Crippen LogP contribution >= 0.6 is 0 Å². The van der Waals surface area contributed by atoms with Crippen LogP contribution in [-0.4, -0.2) is 6.04 Å². The van der Waals surface area contributed by atoms with E-state index in [9.17, 15) is 0 Å². The zero-order chi connectivity index (χ0) is 21.3. The average Bonchev–Trinajstić information content (AvgIpc) is 3.45. The lowest BCUT2D eigenvalue weighted by Gasteiger charge is -2.29. The van der Waals surface area contributed by atoms with E-state index in [-0.39, 0.29) is 0 Å². The average molecular weight is 416 g/mol.